The molecule has 6 heteroatoms. The standard InChI is InChI=1S/C17H26N2O3S/c1-13(2)16(14-7-5-4-6-8-14)18-17(20)15-9-11-19(12-10-15)23(3,21)22/h4-8,13,15-16H,9-12H2,1-3H3,(H,18,20)/t16-/m1/s1. The molecule has 1 aromatic carbocycles. The molecule has 0 saturated carbocycles. The molecular weight excluding hydrogens is 312 g/mol. The van der Waals surface area contributed by atoms with E-state index in [0.29, 0.717) is 25.9 Å². The summed E-state index contributed by atoms with van der Waals surface area (Å²) in [4.78, 5) is 12.6. The molecule has 1 aromatic rings. The molecule has 128 valence electrons. The Balaban J connectivity index is 1.98. The second-order valence-electron chi connectivity index (χ2n) is 6.58. The topological polar surface area (TPSA) is 66.5 Å². The van der Waals surface area contributed by atoms with Crippen molar-refractivity contribution >= 4 is 15.9 Å². The number of piperidine rings is 1. The van der Waals surface area contributed by atoms with E-state index >= 15 is 0 Å². The molecule has 0 spiro atoms. The number of benzene rings is 1. The lowest BCUT2D eigenvalue weighted by molar-refractivity contribution is -0.127. The predicted molar refractivity (Wildman–Crippen MR) is 91.3 cm³/mol. The van der Waals surface area contributed by atoms with Gasteiger partial charge in [0.2, 0.25) is 15.9 Å². The minimum atomic E-state index is -3.15. The van der Waals surface area contributed by atoms with Crippen LogP contribution in [0.3, 0.4) is 0 Å². The Morgan fingerprint density at radius 3 is 2.22 bits per heavy atom. The molecule has 1 atom stereocenters. The highest BCUT2D eigenvalue weighted by Gasteiger charge is 2.30. The van der Waals surface area contributed by atoms with Crippen LogP contribution in [0.25, 0.3) is 0 Å². The van der Waals surface area contributed by atoms with Gasteiger partial charge >= 0.3 is 0 Å². The average Bonchev–Trinajstić information content (AvgIpc) is 2.52. The van der Waals surface area contributed by atoms with E-state index in [1.807, 2.05) is 30.3 Å². The van der Waals surface area contributed by atoms with Gasteiger partial charge < -0.3 is 5.32 Å². The van der Waals surface area contributed by atoms with Gasteiger partial charge in [0.15, 0.2) is 0 Å². The molecule has 23 heavy (non-hydrogen) atoms. The van der Waals surface area contributed by atoms with Crippen molar-refractivity contribution in [1.82, 2.24) is 9.62 Å². The van der Waals surface area contributed by atoms with E-state index in [1.165, 1.54) is 10.6 Å². The fourth-order valence-corrected chi connectivity index (χ4v) is 3.89. The maximum absolute atomic E-state index is 12.6. The molecular formula is C17H26N2O3S. The van der Waals surface area contributed by atoms with Crippen molar-refractivity contribution in [3.63, 3.8) is 0 Å². The van der Waals surface area contributed by atoms with E-state index in [9.17, 15) is 13.2 Å². The van der Waals surface area contributed by atoms with Crippen LogP contribution in [0.5, 0.6) is 0 Å². The number of sulfonamides is 1. The quantitative estimate of drug-likeness (QED) is 0.895. The molecule has 0 radical (unpaired) electrons. The van der Waals surface area contributed by atoms with Gasteiger partial charge in [-0.05, 0) is 24.3 Å². The summed E-state index contributed by atoms with van der Waals surface area (Å²) >= 11 is 0. The van der Waals surface area contributed by atoms with E-state index in [4.69, 9.17) is 0 Å². The van der Waals surface area contributed by atoms with Gasteiger partial charge in [-0.1, -0.05) is 44.2 Å². The number of nitrogens with one attached hydrogen (secondary N) is 1. The van der Waals surface area contributed by atoms with Gasteiger partial charge in [-0.15, -0.1) is 0 Å². The fraction of sp³-hybridized carbons (Fsp3) is 0.588. The predicted octanol–water partition coefficient (Wildman–Crippen LogP) is 2.17. The fourth-order valence-electron chi connectivity index (χ4n) is 3.02. The van der Waals surface area contributed by atoms with Crippen LogP contribution < -0.4 is 5.32 Å². The Morgan fingerprint density at radius 1 is 1.17 bits per heavy atom. The van der Waals surface area contributed by atoms with Crippen molar-refractivity contribution in [2.45, 2.75) is 32.7 Å². The van der Waals surface area contributed by atoms with Gasteiger partial charge in [0, 0.05) is 19.0 Å². The lowest BCUT2D eigenvalue weighted by Gasteiger charge is -2.31. The van der Waals surface area contributed by atoms with Crippen molar-refractivity contribution < 1.29 is 13.2 Å². The van der Waals surface area contributed by atoms with Crippen molar-refractivity contribution in [1.29, 1.82) is 0 Å². The van der Waals surface area contributed by atoms with E-state index < -0.39 is 10.0 Å². The molecule has 1 amide bonds. The molecule has 0 unspecified atom stereocenters. The summed E-state index contributed by atoms with van der Waals surface area (Å²) in [5.41, 5.74) is 1.10. The minimum Gasteiger partial charge on any atom is -0.349 e. The van der Waals surface area contributed by atoms with Crippen LogP contribution in [-0.4, -0.2) is 38.0 Å². The van der Waals surface area contributed by atoms with Gasteiger partial charge in [0.05, 0.1) is 12.3 Å². The summed E-state index contributed by atoms with van der Waals surface area (Å²) in [5, 5.41) is 3.15. The first-order valence-electron chi connectivity index (χ1n) is 8.09. The second kappa shape index (κ2) is 7.45. The highest BCUT2D eigenvalue weighted by molar-refractivity contribution is 7.88. The first kappa shape index (κ1) is 17.9. The summed E-state index contributed by atoms with van der Waals surface area (Å²) in [6.07, 6.45) is 2.38. The smallest absolute Gasteiger partial charge is 0.223 e. The zero-order valence-electron chi connectivity index (χ0n) is 14.0. The van der Waals surface area contributed by atoms with Gasteiger partial charge in [-0.25, -0.2) is 12.7 Å². The molecule has 1 saturated heterocycles. The third kappa shape index (κ3) is 4.78. The average molecular weight is 338 g/mol. The monoisotopic (exact) mass is 338 g/mol. The summed E-state index contributed by atoms with van der Waals surface area (Å²) in [6.45, 7) is 5.03. The minimum absolute atomic E-state index is 0.0170. The maximum atomic E-state index is 12.6. The first-order chi connectivity index (χ1) is 10.8. The molecule has 0 aromatic heterocycles. The number of carbonyl (C=O) groups is 1. The van der Waals surface area contributed by atoms with Crippen molar-refractivity contribution in [3.05, 3.63) is 35.9 Å². The van der Waals surface area contributed by atoms with Gasteiger partial charge in [-0.2, -0.15) is 0 Å². The van der Waals surface area contributed by atoms with Crippen molar-refractivity contribution in [3.8, 4) is 0 Å². The van der Waals surface area contributed by atoms with E-state index in [0.717, 1.165) is 5.56 Å². The van der Waals surface area contributed by atoms with Crippen LogP contribution in [-0.2, 0) is 14.8 Å². The molecule has 1 fully saturated rings. The molecule has 2 rings (SSSR count). The van der Waals surface area contributed by atoms with Crippen molar-refractivity contribution in [2.75, 3.05) is 19.3 Å². The zero-order valence-corrected chi connectivity index (χ0v) is 14.8. The van der Waals surface area contributed by atoms with Crippen LogP contribution >= 0.6 is 0 Å². The number of rotatable bonds is 5. The molecule has 5 nitrogen and oxygen atoms in total. The normalized spacial score (nSPS) is 18.8. The SMILES string of the molecule is CC(C)[C@@H](NC(=O)C1CCN(S(C)(=O)=O)CC1)c1ccccc1. The van der Waals surface area contributed by atoms with Crippen LogP contribution in [0, 0.1) is 11.8 Å². The summed E-state index contributed by atoms with van der Waals surface area (Å²) < 4.78 is 24.5. The Labute approximate surface area is 139 Å². The summed E-state index contributed by atoms with van der Waals surface area (Å²) in [5.74, 6) is 0.205. The summed E-state index contributed by atoms with van der Waals surface area (Å²) in [7, 11) is -3.15. The molecule has 1 aliphatic rings. The molecule has 0 bridgehead atoms. The number of carbonyl (C=O) groups excluding carboxylic acids is 1. The Morgan fingerprint density at radius 2 is 1.74 bits per heavy atom. The Bertz CT molecular complexity index is 620. The highest BCUT2D eigenvalue weighted by atomic mass is 32.2. The Kier molecular flexibility index (Phi) is 5.81. The van der Waals surface area contributed by atoms with Crippen LogP contribution in [0.4, 0.5) is 0 Å². The number of hydrogen-bond acceptors (Lipinski definition) is 3. The van der Waals surface area contributed by atoms with Crippen LogP contribution in [0.1, 0.15) is 38.3 Å². The lowest BCUT2D eigenvalue weighted by atomic mass is 9.93. The van der Waals surface area contributed by atoms with Gasteiger partial charge in [0.1, 0.15) is 0 Å². The number of hydrogen-bond donors (Lipinski definition) is 1. The zero-order chi connectivity index (χ0) is 17.0. The van der Waals surface area contributed by atoms with Gasteiger partial charge in [-0.3, -0.25) is 4.79 Å². The molecule has 1 N–H and O–H groups in total. The summed E-state index contributed by atoms with van der Waals surface area (Å²) in [6, 6.07) is 9.94. The van der Waals surface area contributed by atoms with Crippen LogP contribution in [0.2, 0.25) is 0 Å². The third-order valence-electron chi connectivity index (χ3n) is 4.42. The Hall–Kier alpha value is -1.40. The second-order valence-corrected chi connectivity index (χ2v) is 8.56. The van der Waals surface area contributed by atoms with E-state index in [2.05, 4.69) is 19.2 Å². The highest BCUT2D eigenvalue weighted by Crippen LogP contribution is 2.24. The molecule has 1 aliphatic heterocycles. The first-order valence-corrected chi connectivity index (χ1v) is 9.94. The lowest BCUT2D eigenvalue weighted by Crippen LogP contribution is -2.44. The molecule has 0 aliphatic carbocycles. The largest absolute Gasteiger partial charge is 0.349 e. The van der Waals surface area contributed by atoms with E-state index in [1.54, 1.807) is 0 Å². The van der Waals surface area contributed by atoms with Crippen LogP contribution in [0.15, 0.2) is 30.3 Å². The van der Waals surface area contributed by atoms with Gasteiger partial charge in [0.25, 0.3) is 0 Å². The maximum Gasteiger partial charge on any atom is 0.223 e. The number of nitrogens with zero attached hydrogens (tertiary/aromatic N) is 1. The molecule has 1 heterocycles. The third-order valence-corrected chi connectivity index (χ3v) is 5.72. The van der Waals surface area contributed by atoms with E-state index in [-0.39, 0.29) is 23.8 Å². The number of amides is 1. The van der Waals surface area contributed by atoms with Crippen molar-refractivity contribution in [2.24, 2.45) is 11.8 Å².